The maximum absolute atomic E-state index is 5.72. The van der Waals surface area contributed by atoms with E-state index >= 15 is 0 Å². The van der Waals surface area contributed by atoms with Crippen LogP contribution in [0, 0.1) is 0 Å². The molecule has 50 heavy (non-hydrogen) atoms. The molecule has 0 fully saturated rings. The van der Waals surface area contributed by atoms with Gasteiger partial charge in [-0.3, -0.25) is 0 Å². The number of ether oxygens (including phenoxy) is 6. The van der Waals surface area contributed by atoms with E-state index in [-0.39, 0.29) is 0 Å². The van der Waals surface area contributed by atoms with Crippen LogP contribution >= 0.6 is 0 Å². The van der Waals surface area contributed by atoms with E-state index in [1.165, 1.54) is 31.1 Å². The molecule has 8 heteroatoms. The Kier molecular flexibility index (Phi) is 10.3. The standard InChI is InChI=1S/C42H42O6Si2/c1-43-31-7-19-37(20-8-31)49(38-21-9-32(44-2)10-22-38,39-23-11-33(45-3)12-24-39)50(40-25-13-34(46-4)14-26-40,41-27-15-35(47-5)16-28-41)42-29-17-36(48-6)18-30-42/h7-30H,1-6H3. The molecular weight excluding hydrogens is 657 g/mol. The van der Waals surface area contributed by atoms with Gasteiger partial charge < -0.3 is 28.4 Å². The first kappa shape index (κ1) is 34.4. The van der Waals surface area contributed by atoms with E-state index in [2.05, 4.69) is 146 Å². The van der Waals surface area contributed by atoms with Crippen LogP contribution in [0.4, 0.5) is 0 Å². The molecule has 0 N–H and O–H groups in total. The second-order valence-electron chi connectivity index (χ2n) is 11.9. The first-order chi connectivity index (χ1) is 24.5. The van der Waals surface area contributed by atoms with Crippen LogP contribution in [0.25, 0.3) is 0 Å². The smallest absolute Gasteiger partial charge is 0.154 e. The minimum Gasteiger partial charge on any atom is -0.497 e. The van der Waals surface area contributed by atoms with Crippen LogP contribution in [0.15, 0.2) is 146 Å². The summed E-state index contributed by atoms with van der Waals surface area (Å²) in [6.45, 7) is 0. The highest BCUT2D eigenvalue weighted by atomic mass is 29.3. The van der Waals surface area contributed by atoms with Gasteiger partial charge in [0.25, 0.3) is 0 Å². The lowest BCUT2D eigenvalue weighted by molar-refractivity contribution is 0.414. The minimum atomic E-state index is -3.27. The van der Waals surface area contributed by atoms with Crippen LogP contribution in [0.2, 0.25) is 0 Å². The summed E-state index contributed by atoms with van der Waals surface area (Å²) in [6, 6.07) is 52.1. The Hall–Kier alpha value is -5.45. The molecule has 0 unspecified atom stereocenters. The van der Waals surface area contributed by atoms with Crippen molar-refractivity contribution < 1.29 is 28.4 Å². The molecule has 0 amide bonds. The predicted molar refractivity (Wildman–Crippen MR) is 207 cm³/mol. The Labute approximate surface area is 296 Å². The lowest BCUT2D eigenvalue weighted by Crippen LogP contribution is -2.94. The summed E-state index contributed by atoms with van der Waals surface area (Å²) in [5.41, 5.74) is 0. The summed E-state index contributed by atoms with van der Waals surface area (Å²) < 4.78 is 34.3. The second kappa shape index (κ2) is 15.0. The maximum atomic E-state index is 5.72. The highest BCUT2D eigenvalue weighted by Gasteiger charge is 2.61. The fourth-order valence-corrected chi connectivity index (χ4v) is 26.7. The van der Waals surface area contributed by atoms with Gasteiger partial charge in [-0.2, -0.15) is 0 Å². The second-order valence-corrected chi connectivity index (χ2v) is 22.8. The van der Waals surface area contributed by atoms with Crippen molar-refractivity contribution in [3.63, 3.8) is 0 Å². The van der Waals surface area contributed by atoms with Gasteiger partial charge in [-0.1, -0.05) is 104 Å². The van der Waals surface area contributed by atoms with Crippen LogP contribution in [-0.2, 0) is 0 Å². The zero-order valence-corrected chi connectivity index (χ0v) is 31.3. The number of benzene rings is 6. The molecule has 6 aromatic rings. The van der Waals surface area contributed by atoms with Gasteiger partial charge in [0.1, 0.15) is 34.5 Å². The first-order valence-electron chi connectivity index (χ1n) is 16.4. The normalized spacial score (nSPS) is 11.4. The number of hydrogen-bond acceptors (Lipinski definition) is 6. The van der Waals surface area contributed by atoms with Crippen molar-refractivity contribution in [3.8, 4) is 34.5 Å². The summed E-state index contributed by atoms with van der Waals surface area (Å²) >= 11 is 0. The van der Waals surface area contributed by atoms with E-state index in [0.29, 0.717) is 0 Å². The molecule has 0 aliphatic rings. The van der Waals surface area contributed by atoms with Crippen molar-refractivity contribution in [1.29, 1.82) is 0 Å². The van der Waals surface area contributed by atoms with Gasteiger partial charge >= 0.3 is 0 Å². The molecule has 6 nitrogen and oxygen atoms in total. The zero-order chi connectivity index (χ0) is 35.1. The lowest BCUT2D eigenvalue weighted by atomic mass is 10.3. The van der Waals surface area contributed by atoms with Gasteiger partial charge in [0.2, 0.25) is 0 Å². The summed E-state index contributed by atoms with van der Waals surface area (Å²) in [5, 5.41) is 7.43. The Morgan fingerprint density at radius 1 is 0.220 bits per heavy atom. The summed E-state index contributed by atoms with van der Waals surface area (Å²) in [6.07, 6.45) is 0. The van der Waals surface area contributed by atoms with Gasteiger partial charge in [0, 0.05) is 0 Å². The maximum Gasteiger partial charge on any atom is 0.154 e. The third-order valence-electron chi connectivity index (χ3n) is 9.70. The van der Waals surface area contributed by atoms with E-state index in [1.54, 1.807) is 42.7 Å². The van der Waals surface area contributed by atoms with Crippen LogP contribution in [0.3, 0.4) is 0 Å². The Bertz CT molecular complexity index is 1600. The van der Waals surface area contributed by atoms with Gasteiger partial charge in [0.15, 0.2) is 15.2 Å². The quantitative estimate of drug-likeness (QED) is 0.131. The summed E-state index contributed by atoms with van der Waals surface area (Å²) in [5.74, 6) is 4.79. The van der Waals surface area contributed by atoms with Gasteiger partial charge in [-0.05, 0) is 72.8 Å². The third-order valence-corrected chi connectivity index (χ3v) is 26.6. The molecule has 0 aliphatic heterocycles. The molecule has 0 bridgehead atoms. The Balaban J connectivity index is 1.91. The number of rotatable bonds is 13. The van der Waals surface area contributed by atoms with Crippen molar-refractivity contribution in [2.24, 2.45) is 0 Å². The lowest BCUT2D eigenvalue weighted by Gasteiger charge is -2.50. The monoisotopic (exact) mass is 698 g/mol. The average Bonchev–Trinajstić information content (AvgIpc) is 3.20. The largest absolute Gasteiger partial charge is 0.497 e. The number of hydrogen-bond donors (Lipinski definition) is 0. The van der Waals surface area contributed by atoms with E-state index < -0.39 is 15.2 Å². The van der Waals surface area contributed by atoms with E-state index in [0.717, 1.165) is 34.5 Å². The molecule has 0 atom stereocenters. The molecule has 0 spiro atoms. The highest BCUT2D eigenvalue weighted by molar-refractivity contribution is 7.67. The van der Waals surface area contributed by atoms with Gasteiger partial charge in [-0.25, -0.2) is 0 Å². The SMILES string of the molecule is COc1ccc([Si](c2ccc(OC)cc2)(c2ccc(OC)cc2)[Si](c2ccc(OC)cc2)(c2ccc(OC)cc2)c2ccc(OC)cc2)cc1. The molecule has 6 rings (SSSR count). The van der Waals surface area contributed by atoms with Crippen molar-refractivity contribution in [2.45, 2.75) is 0 Å². The van der Waals surface area contributed by atoms with Crippen molar-refractivity contribution in [2.75, 3.05) is 42.7 Å². The minimum absolute atomic E-state index is 0.798. The topological polar surface area (TPSA) is 55.4 Å². The predicted octanol–water partition coefficient (Wildman–Crippen LogP) is 4.46. The van der Waals surface area contributed by atoms with E-state index in [4.69, 9.17) is 28.4 Å². The Morgan fingerprint density at radius 2 is 0.340 bits per heavy atom. The highest BCUT2D eigenvalue weighted by Crippen LogP contribution is 2.27. The van der Waals surface area contributed by atoms with E-state index in [1.807, 2.05) is 0 Å². The molecule has 0 saturated heterocycles. The van der Waals surface area contributed by atoms with Crippen LogP contribution in [0.1, 0.15) is 0 Å². The molecule has 0 radical (unpaired) electrons. The van der Waals surface area contributed by atoms with E-state index in [9.17, 15) is 0 Å². The number of methoxy groups -OCH3 is 6. The summed E-state index contributed by atoms with van der Waals surface area (Å²) in [4.78, 5) is 0. The van der Waals surface area contributed by atoms with Gasteiger partial charge in [0.05, 0.1) is 42.7 Å². The van der Waals surface area contributed by atoms with Crippen LogP contribution in [0.5, 0.6) is 34.5 Å². The van der Waals surface area contributed by atoms with Crippen LogP contribution < -0.4 is 59.5 Å². The average molecular weight is 699 g/mol. The molecular formula is C42H42O6Si2. The third kappa shape index (κ3) is 5.90. The van der Waals surface area contributed by atoms with Gasteiger partial charge in [-0.15, -0.1) is 0 Å². The van der Waals surface area contributed by atoms with Crippen LogP contribution in [-0.4, -0.2) is 57.8 Å². The molecule has 0 aromatic heterocycles. The van der Waals surface area contributed by atoms with Crippen molar-refractivity contribution >= 4 is 46.3 Å². The first-order valence-corrected chi connectivity index (χ1v) is 21.4. The molecule has 0 saturated carbocycles. The zero-order valence-electron chi connectivity index (χ0n) is 29.3. The van der Waals surface area contributed by atoms with Crippen molar-refractivity contribution in [1.82, 2.24) is 0 Å². The molecule has 6 aromatic carbocycles. The fraction of sp³-hybridized carbons (Fsp3) is 0.143. The fourth-order valence-electron chi connectivity index (χ4n) is 7.35. The molecule has 254 valence electrons. The van der Waals surface area contributed by atoms with Crippen molar-refractivity contribution in [3.05, 3.63) is 146 Å². The Morgan fingerprint density at radius 3 is 0.440 bits per heavy atom. The molecule has 0 heterocycles. The molecule has 0 aliphatic carbocycles. The summed E-state index contributed by atoms with van der Waals surface area (Å²) in [7, 11) is 3.70.